The summed E-state index contributed by atoms with van der Waals surface area (Å²) < 4.78 is 0. The fourth-order valence-corrected chi connectivity index (χ4v) is 9.62. The molecule has 4 aromatic heterocycles. The van der Waals surface area contributed by atoms with Gasteiger partial charge in [-0.25, -0.2) is 9.97 Å². The topological polar surface area (TPSA) is 158 Å². The van der Waals surface area contributed by atoms with Gasteiger partial charge >= 0.3 is 0 Å². The van der Waals surface area contributed by atoms with Gasteiger partial charge in [0.2, 0.25) is 0 Å². The molecule has 0 aliphatic heterocycles. The predicted octanol–water partition coefficient (Wildman–Crippen LogP) is 16.9. The number of rotatable bonds is 10. The van der Waals surface area contributed by atoms with Crippen LogP contribution >= 0.6 is 0 Å². The van der Waals surface area contributed by atoms with Crippen LogP contribution in [-0.4, -0.2) is 74.7 Å². The molecule has 4 atom stereocenters. The Bertz CT molecular complexity index is 3610. The van der Waals surface area contributed by atoms with Crippen molar-refractivity contribution in [3.63, 3.8) is 0 Å². The molecule has 88 heavy (non-hydrogen) atoms. The molecule has 0 fully saturated rings. The molecule has 11 rings (SSSR count). The molecule has 11 aromatic rings. The zero-order chi connectivity index (χ0) is 62.0. The van der Waals surface area contributed by atoms with Crippen LogP contribution in [0.2, 0.25) is 0 Å². The SMILES string of the molecule is CC(C)(C)C(O)CC(O)C(C)(C)C.CC(O)CC(C)O.Cc1[c-]c(-c2cc(-c3cc(C)cc(C)c3)ncn2)cc(C)c1.[Ir].[Ir].[c-]1ccccc1-c1cc(-c2ccccc2)ncn1.c1ccc(-c2ccnc3c2ccc2c(-c4ccccc4)ccnc23)cc1. The second kappa shape index (κ2) is 33.9. The van der Waals surface area contributed by atoms with Crippen molar-refractivity contribution in [1.82, 2.24) is 29.9 Å². The molecule has 0 spiro atoms. The van der Waals surface area contributed by atoms with E-state index in [1.165, 1.54) is 38.9 Å². The second-order valence-corrected chi connectivity index (χ2v) is 24.1. The molecule has 460 valence electrons. The van der Waals surface area contributed by atoms with Gasteiger partial charge in [0.1, 0.15) is 12.7 Å². The molecule has 0 aliphatic carbocycles. The van der Waals surface area contributed by atoms with Crippen molar-refractivity contribution >= 4 is 21.8 Å². The summed E-state index contributed by atoms with van der Waals surface area (Å²) >= 11 is 0. The van der Waals surface area contributed by atoms with Crippen LogP contribution in [-0.2, 0) is 40.2 Å². The Hall–Kier alpha value is -7.34. The standard InChI is InChI=1S/C24H16N2.C20H19N2.C16H11N2.C11H24O2.C5H12O2.2Ir/c1-3-7-17(8-4-1)19-13-15-25-23-21(19)11-12-22-20(14-16-26-24(22)23)18-9-5-2-6-10-18;1-13-5-14(2)8-17(7-13)19-11-20(22-12-21-19)18-9-15(3)6-16(4)10-18;1-3-7-13(8-4-1)15-11-16(18-12-17-15)14-9-5-2-6-10-14;1-10(2,3)8(12)7-9(13)11(4,5)6;1-4(6)3-5(2)7;;/h1-16H;5-9,11-12H,1-4H3;1-9,11-12H;8-9,12-13H,7H2,1-6H3;4-7H,3H2,1-2H3;;/q;2*-1;;;;. The number of hydrogen-bond acceptors (Lipinski definition) is 10. The van der Waals surface area contributed by atoms with Crippen molar-refractivity contribution in [1.29, 1.82) is 0 Å². The summed E-state index contributed by atoms with van der Waals surface area (Å²) in [6.07, 6.45) is 6.27. The Morgan fingerprint density at radius 1 is 0.398 bits per heavy atom. The molecule has 0 bridgehead atoms. The molecule has 4 heterocycles. The Kier molecular flexibility index (Phi) is 27.5. The van der Waals surface area contributed by atoms with E-state index >= 15 is 0 Å². The molecule has 0 saturated heterocycles. The van der Waals surface area contributed by atoms with Gasteiger partial charge in [-0.2, -0.15) is 0 Å². The van der Waals surface area contributed by atoms with E-state index in [4.69, 9.17) is 10.2 Å². The van der Waals surface area contributed by atoms with E-state index in [9.17, 15) is 10.2 Å². The van der Waals surface area contributed by atoms with Crippen molar-refractivity contribution in [2.45, 2.75) is 120 Å². The van der Waals surface area contributed by atoms with Gasteiger partial charge in [0.25, 0.3) is 0 Å². The number of aliphatic hydroxyl groups excluding tert-OH is 4. The maximum Gasteiger partial charge on any atom is 0.106 e. The van der Waals surface area contributed by atoms with E-state index in [0.29, 0.717) is 12.8 Å². The van der Waals surface area contributed by atoms with Crippen molar-refractivity contribution in [3.05, 3.63) is 241 Å². The molecule has 0 saturated carbocycles. The monoisotopic (exact) mass is 1530 g/mol. The minimum Gasteiger partial charge on any atom is -0.393 e. The minimum absolute atomic E-state index is 0. The predicted molar refractivity (Wildman–Crippen MR) is 354 cm³/mol. The van der Waals surface area contributed by atoms with E-state index in [1.807, 2.05) is 133 Å². The van der Waals surface area contributed by atoms with Gasteiger partial charge in [0, 0.05) is 69.8 Å². The smallest absolute Gasteiger partial charge is 0.106 e. The number of pyridine rings is 2. The number of aliphatic hydroxyl groups is 4. The van der Waals surface area contributed by atoms with Gasteiger partial charge in [0.05, 0.1) is 46.8 Å². The maximum atomic E-state index is 9.76. The van der Waals surface area contributed by atoms with Crippen LogP contribution in [0.5, 0.6) is 0 Å². The Morgan fingerprint density at radius 3 is 1.22 bits per heavy atom. The van der Waals surface area contributed by atoms with Crippen molar-refractivity contribution < 1.29 is 60.6 Å². The first kappa shape index (κ1) is 71.4. The molecule has 10 nitrogen and oxygen atoms in total. The van der Waals surface area contributed by atoms with E-state index < -0.39 is 12.2 Å². The number of aryl methyl sites for hydroxylation is 4. The Balaban J connectivity index is 0.000000210. The summed E-state index contributed by atoms with van der Waals surface area (Å²) in [7, 11) is 0. The molecule has 0 aliphatic rings. The van der Waals surface area contributed by atoms with Gasteiger partial charge in [-0.3, -0.25) is 19.9 Å². The number of benzene rings is 7. The fraction of sp³-hybridized carbons (Fsp3) is 0.263. The molecule has 7 aromatic carbocycles. The third kappa shape index (κ3) is 21.2. The van der Waals surface area contributed by atoms with E-state index in [2.05, 4.69) is 173 Å². The summed E-state index contributed by atoms with van der Waals surface area (Å²) in [6.45, 7) is 23.6. The van der Waals surface area contributed by atoms with E-state index in [0.717, 1.165) is 72.4 Å². The van der Waals surface area contributed by atoms with Crippen LogP contribution in [0.1, 0.15) is 90.5 Å². The quantitative estimate of drug-likeness (QED) is 0.0767. The van der Waals surface area contributed by atoms with Gasteiger partial charge in [0.15, 0.2) is 0 Å². The number of nitrogens with zero attached hydrogens (tertiary/aromatic N) is 6. The second-order valence-electron chi connectivity index (χ2n) is 24.1. The molecule has 0 amide bonds. The third-order valence-corrected chi connectivity index (χ3v) is 14.2. The van der Waals surface area contributed by atoms with Crippen molar-refractivity contribution in [2.24, 2.45) is 10.8 Å². The molecule has 12 heteroatoms. The summed E-state index contributed by atoms with van der Waals surface area (Å²) in [5, 5.41) is 38.9. The first-order valence-corrected chi connectivity index (χ1v) is 29.3. The number of aromatic nitrogens is 6. The largest absolute Gasteiger partial charge is 0.393 e. The average molecular weight is 1530 g/mol. The van der Waals surface area contributed by atoms with E-state index in [-0.39, 0.29) is 63.2 Å². The zero-order valence-electron chi connectivity index (χ0n) is 52.5. The molecule has 4 N–H and O–H groups in total. The van der Waals surface area contributed by atoms with Gasteiger partial charge in [-0.15, -0.1) is 70.8 Å². The minimum atomic E-state index is -0.443. The molecule has 4 unspecified atom stereocenters. The first-order chi connectivity index (χ1) is 41.0. The Labute approximate surface area is 548 Å². The number of fused-ring (bicyclic) bond motifs is 3. The summed E-state index contributed by atoms with van der Waals surface area (Å²) in [5.74, 6) is 0. The fourth-order valence-electron chi connectivity index (χ4n) is 9.62. The molecule has 2 radical (unpaired) electrons. The van der Waals surface area contributed by atoms with Crippen LogP contribution < -0.4 is 0 Å². The average Bonchev–Trinajstić information content (AvgIpc) is 3.00. The molecular weight excluding hydrogens is 1450 g/mol. The van der Waals surface area contributed by atoms with E-state index in [1.54, 1.807) is 26.5 Å². The Morgan fingerprint density at radius 2 is 0.807 bits per heavy atom. The summed E-state index contributed by atoms with van der Waals surface area (Å²) in [5.41, 5.74) is 19.1. The summed E-state index contributed by atoms with van der Waals surface area (Å²) in [6, 6.07) is 68.5. The van der Waals surface area contributed by atoms with Crippen LogP contribution in [0.4, 0.5) is 0 Å². The third-order valence-electron chi connectivity index (χ3n) is 14.2. The van der Waals surface area contributed by atoms with Gasteiger partial charge in [-0.1, -0.05) is 188 Å². The van der Waals surface area contributed by atoms with Crippen LogP contribution in [0.15, 0.2) is 207 Å². The van der Waals surface area contributed by atoms with Crippen LogP contribution in [0.25, 0.3) is 89.1 Å². The van der Waals surface area contributed by atoms with Gasteiger partial charge in [-0.05, 0) is 114 Å². The van der Waals surface area contributed by atoms with Crippen molar-refractivity contribution in [3.8, 4) is 67.3 Å². The van der Waals surface area contributed by atoms with Crippen LogP contribution in [0.3, 0.4) is 0 Å². The maximum absolute atomic E-state index is 9.76. The number of hydrogen-bond donors (Lipinski definition) is 4. The van der Waals surface area contributed by atoms with Gasteiger partial charge < -0.3 is 20.4 Å². The van der Waals surface area contributed by atoms with Crippen LogP contribution in [0, 0.1) is 50.7 Å². The van der Waals surface area contributed by atoms with Crippen molar-refractivity contribution in [2.75, 3.05) is 0 Å². The zero-order valence-corrected chi connectivity index (χ0v) is 57.3. The summed E-state index contributed by atoms with van der Waals surface area (Å²) in [4.78, 5) is 26.8. The first-order valence-electron chi connectivity index (χ1n) is 29.3. The normalized spacial score (nSPS) is 12.3. The molecular formula is C76H82Ir2N6O4-2.